The number of hydrogen-bond donors (Lipinski definition) is 1. The van der Waals surface area contributed by atoms with E-state index in [1.54, 1.807) is 23.3 Å². The van der Waals surface area contributed by atoms with Crippen molar-refractivity contribution in [2.45, 2.75) is 70.5 Å². The molecule has 8 atom stereocenters. The second-order valence-electron chi connectivity index (χ2n) is 9.72. The number of ketones is 1. The van der Waals surface area contributed by atoms with E-state index in [0.29, 0.717) is 25.2 Å². The van der Waals surface area contributed by atoms with Crippen molar-refractivity contribution in [2.75, 3.05) is 0 Å². The molecule has 5 fully saturated rings. The number of aliphatic hydroxyl groups is 1. The summed E-state index contributed by atoms with van der Waals surface area (Å²) in [6.07, 6.45) is 5.09. The van der Waals surface area contributed by atoms with Gasteiger partial charge in [-0.15, -0.1) is 0 Å². The van der Waals surface area contributed by atoms with Crippen molar-refractivity contribution in [3.05, 3.63) is 0 Å². The van der Waals surface area contributed by atoms with Gasteiger partial charge in [0, 0.05) is 337 Å². The first-order chi connectivity index (χ1) is 11.7. The molecule has 0 aromatic rings. The first-order valence-corrected chi connectivity index (χ1v) is 11.1. The van der Waals surface area contributed by atoms with Crippen LogP contribution in [0.4, 0.5) is 0 Å². The number of carbonyl (C=O) groups is 2. The Morgan fingerprint density at radius 2 is 1.22 bits per heavy atom. The average Bonchev–Trinajstić information content (AvgIpc) is 2.98. The first kappa shape index (κ1) is 84.3. The van der Waals surface area contributed by atoms with E-state index in [1.165, 1.54) is 0 Å². The van der Waals surface area contributed by atoms with Crippen molar-refractivity contribution >= 4 is 15.7 Å². The summed E-state index contributed by atoms with van der Waals surface area (Å²) < 4.78 is 7.60. The van der Waals surface area contributed by atoms with Gasteiger partial charge in [-0.3, -0.25) is 0 Å². The topological polar surface area (TPSA) is 63.6 Å². The Balaban J connectivity index is -0.0000000526. The van der Waals surface area contributed by atoms with Crippen LogP contribution < -0.4 is 0 Å². The van der Waals surface area contributed by atoms with Crippen LogP contribution in [0.2, 0.25) is 0 Å². The summed E-state index contributed by atoms with van der Waals surface area (Å²) in [6, 6.07) is 0. The SMILES string of the molecule is CC12C[C@@H](O)C3C(C1CC[C]2=[W])[C@H]1C[C@]2(CC(=O)CCC32C)OC1=O.[W].[W].[W].[W].[W].[W].[W].[W].[W].[W].[W].[W].[W].[W].[W].[W]. The minimum absolute atomic E-state index is 0. The summed E-state index contributed by atoms with van der Waals surface area (Å²) in [5, 5.41) is 11.3. The smallest absolute Gasteiger partial charge is 0 e. The van der Waals surface area contributed by atoms with Gasteiger partial charge >= 0.3 is 159 Å². The molecule has 4 aliphatic carbocycles. The Kier molecular flexibility index (Phi) is 69.8. The van der Waals surface area contributed by atoms with Gasteiger partial charge in [0.1, 0.15) is 0 Å². The van der Waals surface area contributed by atoms with Gasteiger partial charge in [-0.25, -0.2) is 0 Å². The monoisotopic (exact) mass is 3460 g/mol. The quantitative estimate of drug-likeness (QED) is 0.379. The first-order valence-electron chi connectivity index (χ1n) is 9.68. The Bertz CT molecular complexity index is 738. The maximum absolute atomic E-state index is 12.9. The number of hydrogen-bond acceptors (Lipinski definition) is 4. The molecule has 1 N–H and O–H groups in total. The normalized spacial score (nSPS) is 34.7. The fourth-order valence-electron chi connectivity index (χ4n) is 7.63. The minimum atomic E-state index is -0.650. The molecule has 1 aliphatic heterocycles. The second kappa shape index (κ2) is 34.0. The summed E-state index contributed by atoms with van der Waals surface area (Å²) in [4.78, 5) is 25.1. The van der Waals surface area contributed by atoms with Gasteiger partial charge in [-0.05, 0) is 0 Å². The van der Waals surface area contributed by atoms with Gasteiger partial charge in [-0.2, -0.15) is 0 Å². The van der Waals surface area contributed by atoms with Gasteiger partial charge in [0.25, 0.3) is 0 Å². The van der Waals surface area contributed by atoms with Crippen LogP contribution in [0.5, 0.6) is 0 Å². The van der Waals surface area contributed by atoms with Crippen molar-refractivity contribution in [3.63, 3.8) is 0 Å². The molecule has 232 valence electrons. The molecule has 41 heavy (non-hydrogen) atoms. The van der Waals surface area contributed by atoms with Crippen LogP contribution >= 0.6 is 0 Å². The number of ether oxygens (including phenoxy) is 1. The van der Waals surface area contributed by atoms with Crippen LogP contribution in [0, 0.1) is 34.5 Å². The molecular weight excluding hydrogens is 3430 g/mol. The Labute approximate surface area is 485 Å². The van der Waals surface area contributed by atoms with E-state index in [-0.39, 0.29) is 377 Å². The zero-order valence-corrected chi connectivity index (χ0v) is 71.3. The maximum atomic E-state index is 12.9. The number of esters is 1. The molecular formula is C20H26O4W17. The number of carbonyl (C=O) groups excluding carboxylic acids is 2. The number of rotatable bonds is 0. The third-order valence-electron chi connectivity index (χ3n) is 8.86. The maximum Gasteiger partial charge on any atom is 0 e. The summed E-state index contributed by atoms with van der Waals surface area (Å²) >= 11 is 1.54. The average molecular weight is 3460 g/mol. The van der Waals surface area contributed by atoms with Crippen LogP contribution in [-0.4, -0.2) is 32.5 Å². The van der Waals surface area contributed by atoms with Gasteiger partial charge in [0.2, 0.25) is 0 Å². The molecule has 2 bridgehead atoms. The van der Waals surface area contributed by atoms with Crippen LogP contribution in [-0.2, 0) is 371 Å². The van der Waals surface area contributed by atoms with E-state index in [9.17, 15) is 14.7 Å². The van der Waals surface area contributed by atoms with Gasteiger partial charge in [0.05, 0.1) is 0 Å². The van der Waals surface area contributed by atoms with E-state index < -0.39 is 11.7 Å². The van der Waals surface area contributed by atoms with Crippen molar-refractivity contribution in [1.29, 1.82) is 0 Å². The molecule has 0 aromatic carbocycles. The zero-order valence-electron chi connectivity index (χ0n) is 21.4. The molecule has 4 saturated carbocycles. The molecule has 5 aliphatic rings. The fraction of sp³-hybridized carbons (Fsp3) is 0.850. The molecule has 1 heterocycles. The zero-order chi connectivity index (χ0) is 17.8. The summed E-state index contributed by atoms with van der Waals surface area (Å²) in [7, 11) is 0. The van der Waals surface area contributed by atoms with Crippen molar-refractivity contribution in [1.82, 2.24) is 0 Å². The molecule has 21 heteroatoms. The minimum Gasteiger partial charge on any atom is 0 e. The van der Waals surface area contributed by atoms with Crippen molar-refractivity contribution in [2.24, 2.45) is 34.5 Å². The fourth-order valence-corrected chi connectivity index (χ4v) is 8.90. The molecule has 0 amide bonds. The van der Waals surface area contributed by atoms with E-state index in [1.807, 2.05) is 0 Å². The standard InChI is InChI=1S/C20H26O4.17W/c1-18-6-3-4-13(18)15-12-9-20(24-17(12)23)8-11(21)5-7-19(20,2)16(15)14(22)10-18;;;;;;;;;;;;;;;;;/h12-16,22H,3-5,7-10H2,1-2H3;;;;;;;;;;;;;;;;;/t12-,13?,14-,15?,16?,18?,19?,20+;;;;;;;;;;;;;;;;;/m1................./s1. The Morgan fingerprint density at radius 3 is 1.68 bits per heavy atom. The molecule has 0 radical (unpaired) electrons. The van der Waals surface area contributed by atoms with Crippen molar-refractivity contribution in [3.8, 4) is 0 Å². The third-order valence-corrected chi connectivity index (χ3v) is 11.3. The Morgan fingerprint density at radius 1 is 0.756 bits per heavy atom. The molecule has 5 rings (SSSR count). The summed E-state index contributed by atoms with van der Waals surface area (Å²) in [6.45, 7) is 4.52. The molecule has 1 saturated heterocycles. The molecule has 1 spiro atoms. The summed E-state index contributed by atoms with van der Waals surface area (Å²) in [5.41, 5.74) is -0.833. The molecule has 0 aromatic heterocycles. The van der Waals surface area contributed by atoms with Crippen LogP contribution in [0.15, 0.2) is 0 Å². The van der Waals surface area contributed by atoms with Gasteiger partial charge in [-0.1, -0.05) is 0 Å². The largest absolute Gasteiger partial charge is 0 e. The Hall–Kier alpha value is 10.7. The van der Waals surface area contributed by atoms with E-state index in [2.05, 4.69) is 13.8 Å². The number of Topliss-reactive ketones (excluding diaryl/α,β-unsaturated/α-hetero) is 1. The molecule has 4 nitrogen and oxygen atoms in total. The van der Waals surface area contributed by atoms with E-state index in [4.69, 9.17) is 4.74 Å². The predicted molar refractivity (Wildman–Crippen MR) is 87.3 cm³/mol. The molecule has 5 unspecified atom stereocenters. The van der Waals surface area contributed by atoms with Crippen LogP contribution in [0.25, 0.3) is 0 Å². The van der Waals surface area contributed by atoms with Gasteiger partial charge in [0.15, 0.2) is 0 Å². The van der Waals surface area contributed by atoms with Crippen LogP contribution in [0.3, 0.4) is 0 Å². The van der Waals surface area contributed by atoms with Gasteiger partial charge < -0.3 is 0 Å². The summed E-state index contributed by atoms with van der Waals surface area (Å²) in [5.74, 6) is 0.785. The predicted octanol–water partition coefficient (Wildman–Crippen LogP) is 2.15. The van der Waals surface area contributed by atoms with Crippen molar-refractivity contribution < 1.29 is 376 Å². The third kappa shape index (κ3) is 15.3. The van der Waals surface area contributed by atoms with E-state index >= 15 is 0 Å². The number of fused-ring (bicyclic) bond motifs is 6. The van der Waals surface area contributed by atoms with E-state index in [0.717, 1.165) is 25.7 Å². The van der Waals surface area contributed by atoms with Crippen LogP contribution in [0.1, 0.15) is 58.8 Å². The number of aliphatic hydroxyl groups excluding tert-OH is 1. The second-order valence-corrected chi connectivity index (χ2v) is 11.5.